The van der Waals surface area contributed by atoms with Gasteiger partial charge < -0.3 is 10.3 Å². The Morgan fingerprint density at radius 1 is 1.18 bits per heavy atom. The second-order valence-corrected chi connectivity index (χ2v) is 6.93. The Balaban J connectivity index is 1.93. The standard InChI is InChI=1S/C21H21F2N3O2/c1-10-18(21(28)26-17-7-8-24-13(4)19(10)17)11(2)20(27)25-12(3)15-6-5-14(22)9-16(15)23/h5-9,11-12H,1-4H3,(H,25,27)(H,26,28)/t11?,12-/m0/s1. The van der Waals surface area contributed by atoms with Gasteiger partial charge in [0.2, 0.25) is 5.91 Å². The number of rotatable bonds is 4. The summed E-state index contributed by atoms with van der Waals surface area (Å²) < 4.78 is 27.1. The van der Waals surface area contributed by atoms with E-state index < -0.39 is 29.5 Å². The van der Waals surface area contributed by atoms with E-state index in [9.17, 15) is 18.4 Å². The van der Waals surface area contributed by atoms with Crippen molar-refractivity contribution in [1.82, 2.24) is 15.3 Å². The first-order chi connectivity index (χ1) is 13.2. The molecule has 0 bridgehead atoms. The number of pyridine rings is 2. The lowest BCUT2D eigenvalue weighted by Gasteiger charge is -2.20. The molecule has 28 heavy (non-hydrogen) atoms. The molecule has 0 fully saturated rings. The fourth-order valence-corrected chi connectivity index (χ4v) is 3.56. The molecule has 2 atom stereocenters. The molecule has 0 aliphatic rings. The largest absolute Gasteiger partial charge is 0.349 e. The molecule has 5 nitrogen and oxygen atoms in total. The van der Waals surface area contributed by atoms with Crippen LogP contribution in [-0.2, 0) is 4.79 Å². The zero-order valence-corrected chi connectivity index (χ0v) is 16.1. The molecule has 2 heterocycles. The van der Waals surface area contributed by atoms with Gasteiger partial charge in [0.05, 0.1) is 17.5 Å². The highest BCUT2D eigenvalue weighted by atomic mass is 19.1. The highest BCUT2D eigenvalue weighted by Crippen LogP contribution is 2.25. The van der Waals surface area contributed by atoms with Crippen LogP contribution in [0.15, 0.2) is 35.3 Å². The number of halogens is 2. The van der Waals surface area contributed by atoms with Crippen LogP contribution in [0, 0.1) is 25.5 Å². The van der Waals surface area contributed by atoms with Gasteiger partial charge in [-0.2, -0.15) is 0 Å². The third-order valence-corrected chi connectivity index (χ3v) is 5.03. The number of nitrogens with zero attached hydrogens (tertiary/aromatic N) is 1. The van der Waals surface area contributed by atoms with E-state index in [1.165, 1.54) is 6.07 Å². The maximum absolute atomic E-state index is 14.0. The predicted molar refractivity (Wildman–Crippen MR) is 103 cm³/mol. The van der Waals surface area contributed by atoms with Crippen molar-refractivity contribution in [2.45, 2.75) is 39.7 Å². The van der Waals surface area contributed by atoms with Crippen molar-refractivity contribution >= 4 is 16.8 Å². The van der Waals surface area contributed by atoms with Gasteiger partial charge in [-0.1, -0.05) is 6.07 Å². The van der Waals surface area contributed by atoms with Gasteiger partial charge in [0.1, 0.15) is 11.6 Å². The maximum atomic E-state index is 14.0. The first-order valence-corrected chi connectivity index (χ1v) is 8.94. The summed E-state index contributed by atoms with van der Waals surface area (Å²) in [5, 5.41) is 3.50. The molecule has 0 saturated carbocycles. The lowest BCUT2D eigenvalue weighted by Crippen LogP contribution is -2.34. The number of hydrogen-bond acceptors (Lipinski definition) is 3. The molecule has 0 radical (unpaired) electrons. The first-order valence-electron chi connectivity index (χ1n) is 8.94. The molecule has 1 unspecified atom stereocenters. The predicted octanol–water partition coefficient (Wildman–Crippen LogP) is 3.80. The van der Waals surface area contributed by atoms with Crippen LogP contribution >= 0.6 is 0 Å². The normalized spacial score (nSPS) is 13.4. The van der Waals surface area contributed by atoms with Gasteiger partial charge in [0, 0.05) is 34.5 Å². The first kappa shape index (κ1) is 19.7. The van der Waals surface area contributed by atoms with E-state index in [-0.39, 0.29) is 11.1 Å². The summed E-state index contributed by atoms with van der Waals surface area (Å²) in [5.41, 5.74) is 2.26. The highest BCUT2D eigenvalue weighted by Gasteiger charge is 2.25. The van der Waals surface area contributed by atoms with Crippen LogP contribution in [0.2, 0.25) is 0 Å². The van der Waals surface area contributed by atoms with Crippen molar-refractivity contribution in [3.05, 3.63) is 74.8 Å². The van der Waals surface area contributed by atoms with Gasteiger partial charge in [-0.15, -0.1) is 0 Å². The average Bonchev–Trinajstić information content (AvgIpc) is 2.61. The van der Waals surface area contributed by atoms with Crippen LogP contribution in [0.3, 0.4) is 0 Å². The summed E-state index contributed by atoms with van der Waals surface area (Å²) in [6.07, 6.45) is 1.61. The molecule has 0 aliphatic heterocycles. The number of H-pyrrole nitrogens is 1. The van der Waals surface area contributed by atoms with E-state index in [4.69, 9.17) is 0 Å². The number of aromatic nitrogens is 2. The Morgan fingerprint density at radius 3 is 2.57 bits per heavy atom. The Hall–Kier alpha value is -3.09. The molecule has 0 spiro atoms. The fourth-order valence-electron chi connectivity index (χ4n) is 3.56. The van der Waals surface area contributed by atoms with Crippen molar-refractivity contribution in [1.29, 1.82) is 0 Å². The molecule has 1 aromatic carbocycles. The summed E-state index contributed by atoms with van der Waals surface area (Å²) in [7, 11) is 0. The third kappa shape index (κ3) is 3.52. The molecule has 0 aliphatic carbocycles. The number of aryl methyl sites for hydroxylation is 2. The molecule has 2 N–H and O–H groups in total. The van der Waals surface area contributed by atoms with Gasteiger partial charge in [0.15, 0.2) is 0 Å². The molecule has 3 rings (SSSR count). The monoisotopic (exact) mass is 385 g/mol. The van der Waals surface area contributed by atoms with E-state index >= 15 is 0 Å². The van der Waals surface area contributed by atoms with Crippen LogP contribution in [0.1, 0.15) is 48.2 Å². The van der Waals surface area contributed by atoms with Crippen LogP contribution in [0.25, 0.3) is 10.9 Å². The Bertz CT molecular complexity index is 1120. The number of fused-ring (bicyclic) bond motifs is 1. The third-order valence-electron chi connectivity index (χ3n) is 5.03. The van der Waals surface area contributed by atoms with Crippen LogP contribution in [0.5, 0.6) is 0 Å². The van der Waals surface area contributed by atoms with Crippen molar-refractivity contribution < 1.29 is 13.6 Å². The van der Waals surface area contributed by atoms with E-state index in [1.54, 1.807) is 33.0 Å². The quantitative estimate of drug-likeness (QED) is 0.717. The number of hydrogen-bond donors (Lipinski definition) is 2. The van der Waals surface area contributed by atoms with Crippen molar-refractivity contribution in [3.8, 4) is 0 Å². The Kier molecular flexibility index (Phi) is 5.27. The Labute approximate surface area is 160 Å². The van der Waals surface area contributed by atoms with E-state index in [2.05, 4.69) is 15.3 Å². The number of carbonyl (C=O) groups is 1. The van der Waals surface area contributed by atoms with Gasteiger partial charge in [-0.3, -0.25) is 14.6 Å². The van der Waals surface area contributed by atoms with Crippen molar-refractivity contribution in [2.75, 3.05) is 0 Å². The van der Waals surface area contributed by atoms with Crippen LogP contribution < -0.4 is 10.9 Å². The number of nitrogens with one attached hydrogen (secondary N) is 2. The Morgan fingerprint density at radius 2 is 1.89 bits per heavy atom. The number of carbonyl (C=O) groups excluding carboxylic acids is 1. The fraction of sp³-hybridized carbons (Fsp3) is 0.286. The lowest BCUT2D eigenvalue weighted by atomic mass is 9.93. The summed E-state index contributed by atoms with van der Waals surface area (Å²) in [4.78, 5) is 32.4. The zero-order chi connectivity index (χ0) is 20.6. The van der Waals surface area contributed by atoms with Crippen LogP contribution in [-0.4, -0.2) is 15.9 Å². The van der Waals surface area contributed by atoms with Gasteiger partial charge in [-0.05, 0) is 45.4 Å². The van der Waals surface area contributed by atoms with Gasteiger partial charge in [0.25, 0.3) is 5.56 Å². The smallest absolute Gasteiger partial charge is 0.252 e. The molecule has 1 amide bonds. The number of aromatic amines is 1. The summed E-state index contributed by atoms with van der Waals surface area (Å²) in [6, 6.07) is 4.24. The lowest BCUT2D eigenvalue weighted by molar-refractivity contribution is -0.122. The van der Waals surface area contributed by atoms with Gasteiger partial charge in [-0.25, -0.2) is 8.78 Å². The molecule has 2 aromatic heterocycles. The van der Waals surface area contributed by atoms with Crippen molar-refractivity contribution in [2.24, 2.45) is 0 Å². The SMILES string of the molecule is Cc1nccc2[nH]c(=O)c(C(C)C(=O)N[C@@H](C)c3ccc(F)cc3F)c(C)c12. The summed E-state index contributed by atoms with van der Waals surface area (Å²) >= 11 is 0. The maximum Gasteiger partial charge on any atom is 0.252 e. The summed E-state index contributed by atoms with van der Waals surface area (Å²) in [6.45, 7) is 6.85. The highest BCUT2D eigenvalue weighted by molar-refractivity contribution is 5.89. The van der Waals surface area contributed by atoms with Crippen molar-refractivity contribution in [3.63, 3.8) is 0 Å². The van der Waals surface area contributed by atoms with Gasteiger partial charge >= 0.3 is 0 Å². The van der Waals surface area contributed by atoms with E-state index in [0.29, 0.717) is 16.6 Å². The molecular weight excluding hydrogens is 364 g/mol. The second-order valence-electron chi connectivity index (χ2n) is 6.93. The topological polar surface area (TPSA) is 74.8 Å². The minimum atomic E-state index is -0.765. The minimum absolute atomic E-state index is 0.172. The van der Waals surface area contributed by atoms with Crippen LogP contribution in [0.4, 0.5) is 8.78 Å². The average molecular weight is 385 g/mol. The second kappa shape index (κ2) is 7.50. The molecule has 146 valence electrons. The molecule has 0 saturated heterocycles. The summed E-state index contributed by atoms with van der Waals surface area (Å²) in [5.74, 6) is -2.61. The van der Waals surface area contributed by atoms with E-state index in [0.717, 1.165) is 23.2 Å². The molecular formula is C21H21F2N3O2. The molecule has 3 aromatic rings. The number of amides is 1. The van der Waals surface area contributed by atoms with E-state index in [1.807, 2.05) is 6.92 Å². The minimum Gasteiger partial charge on any atom is -0.349 e. The zero-order valence-electron chi connectivity index (χ0n) is 16.1. The molecule has 7 heteroatoms. The number of benzene rings is 1.